The molecule has 3 nitrogen and oxygen atoms in total. The number of aromatic amines is 1. The summed E-state index contributed by atoms with van der Waals surface area (Å²) in [6, 6.07) is 5.71. The van der Waals surface area contributed by atoms with Gasteiger partial charge in [-0.2, -0.15) is 0 Å². The zero-order chi connectivity index (χ0) is 9.10. The predicted octanol–water partition coefficient (Wildman–Crippen LogP) is 1.87. The Morgan fingerprint density at radius 2 is 2.15 bits per heavy atom. The van der Waals surface area contributed by atoms with Crippen LogP contribution in [0, 0.1) is 0 Å². The summed E-state index contributed by atoms with van der Waals surface area (Å²) in [5, 5.41) is 0. The monoisotopic (exact) mass is 171 g/mol. The van der Waals surface area contributed by atoms with E-state index in [1.165, 1.54) is 0 Å². The van der Waals surface area contributed by atoms with Gasteiger partial charge in [0.25, 0.3) is 0 Å². The summed E-state index contributed by atoms with van der Waals surface area (Å²) in [5.74, 6) is 0.763. The summed E-state index contributed by atoms with van der Waals surface area (Å²) >= 11 is 0. The van der Waals surface area contributed by atoms with Gasteiger partial charge in [-0.3, -0.25) is 4.98 Å². The Morgan fingerprint density at radius 3 is 2.77 bits per heavy atom. The van der Waals surface area contributed by atoms with Crippen LogP contribution in [0.2, 0.25) is 0 Å². The van der Waals surface area contributed by atoms with Crippen molar-refractivity contribution >= 4 is 5.57 Å². The lowest BCUT2D eigenvalue weighted by Gasteiger charge is -1.99. The van der Waals surface area contributed by atoms with Crippen LogP contribution in [0.3, 0.4) is 0 Å². The van der Waals surface area contributed by atoms with Crippen LogP contribution >= 0.6 is 0 Å². The maximum atomic E-state index is 4.18. The molecule has 0 radical (unpaired) electrons. The topological polar surface area (TPSA) is 41.6 Å². The Hall–Kier alpha value is -1.90. The van der Waals surface area contributed by atoms with E-state index in [1.807, 2.05) is 18.2 Å². The van der Waals surface area contributed by atoms with Crippen molar-refractivity contribution < 1.29 is 0 Å². The van der Waals surface area contributed by atoms with Gasteiger partial charge in [0.1, 0.15) is 5.82 Å². The van der Waals surface area contributed by atoms with Crippen LogP contribution in [0.15, 0.2) is 43.4 Å². The Balaban J connectivity index is 2.34. The molecule has 0 spiro atoms. The normalized spacial score (nSPS) is 9.85. The van der Waals surface area contributed by atoms with Gasteiger partial charge in [0.2, 0.25) is 0 Å². The average molecular weight is 171 g/mol. The molecule has 2 aromatic rings. The Labute approximate surface area is 76.2 Å². The molecule has 0 saturated heterocycles. The van der Waals surface area contributed by atoms with Gasteiger partial charge in [-0.1, -0.05) is 12.6 Å². The maximum Gasteiger partial charge on any atom is 0.138 e. The molecule has 0 aliphatic carbocycles. The quantitative estimate of drug-likeness (QED) is 0.749. The summed E-state index contributed by atoms with van der Waals surface area (Å²) in [4.78, 5) is 11.3. The minimum atomic E-state index is 0.763. The zero-order valence-electron chi connectivity index (χ0n) is 7.07. The number of aromatic nitrogens is 3. The third-order valence-electron chi connectivity index (χ3n) is 1.76. The summed E-state index contributed by atoms with van der Waals surface area (Å²) in [7, 11) is 0. The van der Waals surface area contributed by atoms with Crippen LogP contribution in [0.25, 0.3) is 5.57 Å². The molecule has 0 fully saturated rings. The van der Waals surface area contributed by atoms with Gasteiger partial charge < -0.3 is 4.98 Å². The SMILES string of the molecule is C=C(c1ccccn1)c1ncc[nH]1. The second-order valence-corrected chi connectivity index (χ2v) is 2.63. The molecule has 13 heavy (non-hydrogen) atoms. The summed E-state index contributed by atoms with van der Waals surface area (Å²) in [6.07, 6.45) is 5.20. The minimum absolute atomic E-state index is 0.763. The molecule has 0 aliphatic rings. The molecule has 0 amide bonds. The molecule has 0 aliphatic heterocycles. The number of hydrogen-bond acceptors (Lipinski definition) is 2. The first-order valence-corrected chi connectivity index (χ1v) is 3.98. The van der Waals surface area contributed by atoms with Gasteiger partial charge in [-0.25, -0.2) is 4.98 Å². The number of nitrogens with one attached hydrogen (secondary N) is 1. The van der Waals surface area contributed by atoms with Gasteiger partial charge in [0.05, 0.1) is 5.69 Å². The van der Waals surface area contributed by atoms with Gasteiger partial charge in [-0.15, -0.1) is 0 Å². The summed E-state index contributed by atoms with van der Waals surface area (Å²) in [5.41, 5.74) is 1.66. The molecule has 64 valence electrons. The van der Waals surface area contributed by atoms with E-state index < -0.39 is 0 Å². The van der Waals surface area contributed by atoms with Crippen LogP contribution in [0.1, 0.15) is 11.5 Å². The fourth-order valence-corrected chi connectivity index (χ4v) is 1.09. The molecule has 0 bridgehead atoms. The van der Waals surface area contributed by atoms with Crippen LogP contribution in [-0.4, -0.2) is 15.0 Å². The lowest BCUT2D eigenvalue weighted by atomic mass is 10.2. The van der Waals surface area contributed by atoms with E-state index >= 15 is 0 Å². The Kier molecular flexibility index (Phi) is 1.92. The fraction of sp³-hybridized carbons (Fsp3) is 0. The van der Waals surface area contributed by atoms with E-state index in [0.29, 0.717) is 0 Å². The maximum absolute atomic E-state index is 4.18. The summed E-state index contributed by atoms with van der Waals surface area (Å²) in [6.45, 7) is 3.91. The van der Waals surface area contributed by atoms with E-state index in [4.69, 9.17) is 0 Å². The van der Waals surface area contributed by atoms with Gasteiger partial charge >= 0.3 is 0 Å². The molecule has 0 unspecified atom stereocenters. The highest BCUT2D eigenvalue weighted by Crippen LogP contribution is 2.14. The molecule has 0 aromatic carbocycles. The van der Waals surface area contributed by atoms with Crippen molar-refractivity contribution in [3.63, 3.8) is 0 Å². The Morgan fingerprint density at radius 1 is 1.23 bits per heavy atom. The smallest absolute Gasteiger partial charge is 0.138 e. The number of rotatable bonds is 2. The number of nitrogens with zero attached hydrogens (tertiary/aromatic N) is 2. The van der Waals surface area contributed by atoms with Crippen LogP contribution in [0.5, 0.6) is 0 Å². The van der Waals surface area contributed by atoms with Crippen molar-refractivity contribution in [2.24, 2.45) is 0 Å². The highest BCUT2D eigenvalue weighted by Gasteiger charge is 2.03. The first kappa shape index (κ1) is 7.73. The molecule has 2 aromatic heterocycles. The number of H-pyrrole nitrogens is 1. The average Bonchev–Trinajstić information content (AvgIpc) is 2.71. The third-order valence-corrected chi connectivity index (χ3v) is 1.76. The second-order valence-electron chi connectivity index (χ2n) is 2.63. The van der Waals surface area contributed by atoms with Gasteiger partial charge in [0, 0.05) is 24.2 Å². The van der Waals surface area contributed by atoms with Crippen molar-refractivity contribution in [3.8, 4) is 0 Å². The third kappa shape index (κ3) is 1.49. The van der Waals surface area contributed by atoms with Gasteiger partial charge in [0.15, 0.2) is 0 Å². The van der Waals surface area contributed by atoms with Crippen LogP contribution in [-0.2, 0) is 0 Å². The molecular weight excluding hydrogens is 162 g/mol. The van der Waals surface area contributed by atoms with Crippen LogP contribution in [0.4, 0.5) is 0 Å². The van der Waals surface area contributed by atoms with E-state index in [1.54, 1.807) is 18.6 Å². The Bertz CT molecular complexity index is 389. The number of hydrogen-bond donors (Lipinski definition) is 1. The van der Waals surface area contributed by atoms with E-state index in [2.05, 4.69) is 21.5 Å². The van der Waals surface area contributed by atoms with Crippen molar-refractivity contribution in [1.82, 2.24) is 15.0 Å². The first-order valence-electron chi connectivity index (χ1n) is 3.98. The lowest BCUT2D eigenvalue weighted by Crippen LogP contribution is -1.90. The summed E-state index contributed by atoms with van der Waals surface area (Å²) < 4.78 is 0. The zero-order valence-corrected chi connectivity index (χ0v) is 7.07. The van der Waals surface area contributed by atoms with Crippen molar-refractivity contribution in [2.75, 3.05) is 0 Å². The van der Waals surface area contributed by atoms with Crippen molar-refractivity contribution in [3.05, 3.63) is 54.9 Å². The largest absolute Gasteiger partial charge is 0.345 e. The number of imidazole rings is 1. The second kappa shape index (κ2) is 3.23. The van der Waals surface area contributed by atoms with E-state index in [-0.39, 0.29) is 0 Å². The standard InChI is InChI=1S/C10H9N3/c1-8(10-12-6-7-13-10)9-4-2-3-5-11-9/h2-7H,1H2,(H,12,13). The molecular formula is C10H9N3. The molecule has 1 N–H and O–H groups in total. The molecule has 0 saturated carbocycles. The highest BCUT2D eigenvalue weighted by molar-refractivity contribution is 5.71. The van der Waals surface area contributed by atoms with E-state index in [9.17, 15) is 0 Å². The fourth-order valence-electron chi connectivity index (χ4n) is 1.09. The molecule has 2 rings (SSSR count). The molecule has 0 atom stereocenters. The van der Waals surface area contributed by atoms with Crippen LogP contribution < -0.4 is 0 Å². The predicted molar refractivity (Wildman–Crippen MR) is 51.0 cm³/mol. The van der Waals surface area contributed by atoms with E-state index in [0.717, 1.165) is 17.1 Å². The van der Waals surface area contributed by atoms with Gasteiger partial charge in [-0.05, 0) is 12.1 Å². The minimum Gasteiger partial charge on any atom is -0.345 e. The number of pyridine rings is 1. The first-order chi connectivity index (χ1) is 6.38. The lowest BCUT2D eigenvalue weighted by molar-refractivity contribution is 1.20. The molecule has 2 heterocycles. The molecule has 3 heteroatoms. The van der Waals surface area contributed by atoms with Crippen molar-refractivity contribution in [1.29, 1.82) is 0 Å². The van der Waals surface area contributed by atoms with Crippen molar-refractivity contribution in [2.45, 2.75) is 0 Å². The highest BCUT2D eigenvalue weighted by atomic mass is 14.9.